The van der Waals surface area contributed by atoms with E-state index in [1.54, 1.807) is 23.0 Å². The van der Waals surface area contributed by atoms with E-state index in [0.29, 0.717) is 12.3 Å². The summed E-state index contributed by atoms with van der Waals surface area (Å²) < 4.78 is 22.7. The molecule has 1 heterocycles. The normalized spacial score (nSPS) is 11.0. The molecule has 4 aromatic rings. The third-order valence-electron chi connectivity index (χ3n) is 3.96. The third-order valence-corrected chi connectivity index (χ3v) is 4.65. The van der Waals surface area contributed by atoms with Gasteiger partial charge in [-0.3, -0.25) is 0 Å². The number of benzene rings is 3. The molecule has 0 amide bonds. The highest BCUT2D eigenvalue weighted by molar-refractivity contribution is 9.10. The Balaban J connectivity index is 1.62. The van der Waals surface area contributed by atoms with Crippen molar-refractivity contribution in [2.45, 2.75) is 6.61 Å². The summed E-state index contributed by atoms with van der Waals surface area (Å²) in [6, 6.07) is 20.4. The highest BCUT2D eigenvalue weighted by Gasteiger charge is 2.10. The second kappa shape index (κ2) is 6.69. The van der Waals surface area contributed by atoms with E-state index in [1.807, 2.05) is 48.5 Å². The Kier molecular flexibility index (Phi) is 4.24. The van der Waals surface area contributed by atoms with E-state index < -0.39 is 5.82 Å². The molecule has 124 valence electrons. The van der Waals surface area contributed by atoms with Gasteiger partial charge in [-0.1, -0.05) is 52.3 Å². The van der Waals surface area contributed by atoms with E-state index >= 15 is 0 Å². The predicted molar refractivity (Wildman–Crippen MR) is 99.5 cm³/mol. The molecule has 0 aliphatic carbocycles. The zero-order chi connectivity index (χ0) is 17.2. The first-order chi connectivity index (χ1) is 12.2. The Labute approximate surface area is 152 Å². The second-order valence-electron chi connectivity index (χ2n) is 5.62. The van der Waals surface area contributed by atoms with Crippen molar-refractivity contribution in [3.63, 3.8) is 0 Å². The van der Waals surface area contributed by atoms with Crippen LogP contribution in [0, 0.1) is 5.82 Å². The molecule has 0 aliphatic heterocycles. The number of halogens is 2. The molecule has 25 heavy (non-hydrogen) atoms. The van der Waals surface area contributed by atoms with Crippen LogP contribution in [0.2, 0.25) is 0 Å². The van der Waals surface area contributed by atoms with Crippen LogP contribution < -0.4 is 4.74 Å². The van der Waals surface area contributed by atoms with E-state index in [9.17, 15) is 4.39 Å². The van der Waals surface area contributed by atoms with E-state index in [-0.39, 0.29) is 5.75 Å². The van der Waals surface area contributed by atoms with Crippen LogP contribution in [0.25, 0.3) is 16.6 Å². The molecule has 4 rings (SSSR count). The molecule has 0 spiro atoms. The second-order valence-corrected chi connectivity index (χ2v) is 6.47. The highest BCUT2D eigenvalue weighted by atomic mass is 79.9. The van der Waals surface area contributed by atoms with Gasteiger partial charge in [-0.15, -0.1) is 0 Å². The summed E-state index contributed by atoms with van der Waals surface area (Å²) in [5.41, 5.74) is 2.55. The van der Waals surface area contributed by atoms with E-state index in [1.165, 1.54) is 6.07 Å². The van der Waals surface area contributed by atoms with Gasteiger partial charge in [0.2, 0.25) is 0 Å². The number of nitrogens with zero attached hydrogens (tertiary/aromatic N) is 2. The van der Waals surface area contributed by atoms with Crippen molar-refractivity contribution in [3.8, 4) is 11.4 Å². The van der Waals surface area contributed by atoms with Gasteiger partial charge >= 0.3 is 0 Å². The van der Waals surface area contributed by atoms with Gasteiger partial charge in [0.15, 0.2) is 11.6 Å². The van der Waals surface area contributed by atoms with Crippen molar-refractivity contribution in [3.05, 3.63) is 88.8 Å². The molecule has 0 radical (unpaired) electrons. The largest absolute Gasteiger partial charge is 0.486 e. The molecular weight excluding hydrogens is 383 g/mol. The van der Waals surface area contributed by atoms with Crippen LogP contribution >= 0.6 is 15.9 Å². The van der Waals surface area contributed by atoms with Gasteiger partial charge in [0.05, 0.1) is 17.4 Å². The number of hydrogen-bond donors (Lipinski definition) is 0. The highest BCUT2D eigenvalue weighted by Crippen LogP contribution is 2.27. The van der Waals surface area contributed by atoms with Gasteiger partial charge in [0, 0.05) is 15.9 Å². The molecule has 0 unspecified atom stereocenters. The lowest BCUT2D eigenvalue weighted by Crippen LogP contribution is -2.00. The van der Waals surface area contributed by atoms with E-state index in [4.69, 9.17) is 4.74 Å². The van der Waals surface area contributed by atoms with Crippen LogP contribution in [-0.2, 0) is 6.61 Å². The minimum Gasteiger partial charge on any atom is -0.486 e. The van der Waals surface area contributed by atoms with Crippen molar-refractivity contribution in [1.29, 1.82) is 0 Å². The lowest BCUT2D eigenvalue weighted by Gasteiger charge is -2.09. The first-order valence-electron chi connectivity index (χ1n) is 7.81. The molecule has 0 saturated carbocycles. The van der Waals surface area contributed by atoms with Gasteiger partial charge in [0.25, 0.3) is 0 Å². The zero-order valence-corrected chi connectivity index (χ0v) is 14.8. The molecule has 1 aromatic heterocycles. The topological polar surface area (TPSA) is 27.1 Å². The molecule has 0 aliphatic rings. The zero-order valence-electron chi connectivity index (χ0n) is 13.2. The van der Waals surface area contributed by atoms with Crippen LogP contribution in [-0.4, -0.2) is 9.78 Å². The molecule has 0 fully saturated rings. The number of hydrogen-bond acceptors (Lipinski definition) is 2. The van der Waals surface area contributed by atoms with Crippen LogP contribution in [0.1, 0.15) is 5.56 Å². The summed E-state index contributed by atoms with van der Waals surface area (Å²) in [4.78, 5) is 0. The molecule has 0 saturated heterocycles. The number of fused-ring (bicyclic) bond motifs is 1. The molecule has 3 nitrogen and oxygen atoms in total. The van der Waals surface area contributed by atoms with Crippen LogP contribution in [0.5, 0.6) is 5.75 Å². The summed E-state index contributed by atoms with van der Waals surface area (Å²) in [5.74, 6) is -0.183. The summed E-state index contributed by atoms with van der Waals surface area (Å²) in [5, 5.41) is 5.35. The minimum atomic E-state index is -0.410. The Bertz CT molecular complexity index is 1030. The third kappa shape index (κ3) is 3.15. The van der Waals surface area contributed by atoms with Gasteiger partial charge in [-0.05, 0) is 29.8 Å². The van der Waals surface area contributed by atoms with Crippen LogP contribution in [0.4, 0.5) is 4.39 Å². The lowest BCUT2D eigenvalue weighted by atomic mass is 10.2. The van der Waals surface area contributed by atoms with Crippen molar-refractivity contribution < 1.29 is 9.13 Å². The number of ether oxygens (including phenoxy) is 1. The van der Waals surface area contributed by atoms with E-state index in [0.717, 1.165) is 20.9 Å². The van der Waals surface area contributed by atoms with Gasteiger partial charge < -0.3 is 4.74 Å². The molecular formula is C20H14BrFN2O. The maximum absolute atomic E-state index is 14.4. The molecule has 0 bridgehead atoms. The standard InChI is InChI=1S/C20H14BrFN2O/c21-17-7-4-8-19-16(17)12-23-24(19)15-9-10-20(18(22)11-15)25-13-14-5-2-1-3-6-14/h1-12H,13H2. The molecule has 3 aromatic carbocycles. The number of rotatable bonds is 4. The average Bonchev–Trinajstić information content (AvgIpc) is 3.07. The molecule has 5 heteroatoms. The Hall–Kier alpha value is -2.66. The van der Waals surface area contributed by atoms with Gasteiger partial charge in [-0.25, -0.2) is 9.07 Å². The van der Waals surface area contributed by atoms with Gasteiger partial charge in [-0.2, -0.15) is 5.10 Å². The SMILES string of the molecule is Fc1cc(-n2ncc3c(Br)cccc32)ccc1OCc1ccccc1. The van der Waals surface area contributed by atoms with Crippen molar-refractivity contribution in [2.24, 2.45) is 0 Å². The Morgan fingerprint density at radius 3 is 2.64 bits per heavy atom. The Morgan fingerprint density at radius 1 is 1.00 bits per heavy atom. The summed E-state index contributed by atoms with van der Waals surface area (Å²) in [6.45, 7) is 0.328. The van der Waals surface area contributed by atoms with Crippen molar-refractivity contribution in [1.82, 2.24) is 9.78 Å². The fraction of sp³-hybridized carbons (Fsp3) is 0.0500. The van der Waals surface area contributed by atoms with E-state index in [2.05, 4.69) is 21.0 Å². The fourth-order valence-corrected chi connectivity index (χ4v) is 3.15. The Morgan fingerprint density at radius 2 is 1.84 bits per heavy atom. The maximum Gasteiger partial charge on any atom is 0.167 e. The quantitative estimate of drug-likeness (QED) is 0.454. The number of aromatic nitrogens is 2. The first-order valence-corrected chi connectivity index (χ1v) is 8.60. The summed E-state index contributed by atoms with van der Waals surface area (Å²) >= 11 is 3.50. The van der Waals surface area contributed by atoms with Crippen molar-refractivity contribution >= 4 is 26.8 Å². The van der Waals surface area contributed by atoms with Crippen LogP contribution in [0.3, 0.4) is 0 Å². The summed E-state index contributed by atoms with van der Waals surface area (Å²) in [7, 11) is 0. The van der Waals surface area contributed by atoms with Crippen LogP contribution in [0.15, 0.2) is 77.4 Å². The average molecular weight is 397 g/mol. The molecule has 0 N–H and O–H groups in total. The molecule has 0 atom stereocenters. The first kappa shape index (κ1) is 15.8. The summed E-state index contributed by atoms with van der Waals surface area (Å²) in [6.07, 6.45) is 1.76. The lowest BCUT2D eigenvalue weighted by molar-refractivity contribution is 0.290. The fourth-order valence-electron chi connectivity index (χ4n) is 2.70. The smallest absolute Gasteiger partial charge is 0.167 e. The minimum absolute atomic E-state index is 0.227. The monoisotopic (exact) mass is 396 g/mol. The van der Waals surface area contributed by atoms with Gasteiger partial charge in [0.1, 0.15) is 6.61 Å². The van der Waals surface area contributed by atoms with Crippen molar-refractivity contribution in [2.75, 3.05) is 0 Å². The maximum atomic E-state index is 14.4. The predicted octanol–water partition coefficient (Wildman–Crippen LogP) is 5.51.